The predicted octanol–water partition coefficient (Wildman–Crippen LogP) is 2.99. The molecule has 1 fully saturated rings. The Balaban J connectivity index is 1.97. The topological polar surface area (TPSA) is 54.5 Å². The Morgan fingerprint density at radius 1 is 1.46 bits per heavy atom. The Bertz CT molecular complexity index is 732. The van der Waals surface area contributed by atoms with Gasteiger partial charge in [-0.15, -0.1) is 11.3 Å². The summed E-state index contributed by atoms with van der Waals surface area (Å²) in [6, 6.07) is 7.74. The first kappa shape index (κ1) is 16.9. The summed E-state index contributed by atoms with van der Waals surface area (Å²) >= 11 is 7.17. The molecule has 3 rings (SSSR count). The van der Waals surface area contributed by atoms with Crippen LogP contribution in [0.25, 0.3) is 0 Å². The second-order valence-electron chi connectivity index (χ2n) is 5.53. The number of ether oxygens (including phenoxy) is 1. The van der Waals surface area contributed by atoms with E-state index >= 15 is 0 Å². The summed E-state index contributed by atoms with van der Waals surface area (Å²) in [5.41, 5.74) is 2.09. The van der Waals surface area contributed by atoms with E-state index in [1.165, 1.54) is 10.4 Å². The van der Waals surface area contributed by atoms with Gasteiger partial charge in [-0.1, -0.05) is 6.07 Å². The van der Waals surface area contributed by atoms with Crippen molar-refractivity contribution >= 4 is 34.6 Å². The third-order valence-corrected chi connectivity index (χ3v) is 5.41. The summed E-state index contributed by atoms with van der Waals surface area (Å²) in [6.07, 6.45) is 1.77. The van der Waals surface area contributed by atoms with Gasteiger partial charge in [0.2, 0.25) is 0 Å². The van der Waals surface area contributed by atoms with Crippen LogP contribution in [0, 0.1) is 6.92 Å². The van der Waals surface area contributed by atoms with Gasteiger partial charge in [-0.2, -0.15) is 0 Å². The molecule has 1 aliphatic rings. The van der Waals surface area contributed by atoms with E-state index in [0.717, 1.165) is 5.69 Å². The highest BCUT2D eigenvalue weighted by molar-refractivity contribution is 7.80. The maximum atomic E-state index is 12.0. The van der Waals surface area contributed by atoms with E-state index in [1.54, 1.807) is 24.5 Å². The van der Waals surface area contributed by atoms with Crippen LogP contribution in [0.15, 0.2) is 35.8 Å². The summed E-state index contributed by atoms with van der Waals surface area (Å²) in [5, 5.41) is 5.94. The van der Waals surface area contributed by atoms with Crippen molar-refractivity contribution in [2.75, 3.05) is 13.2 Å². The molecule has 0 spiro atoms. The van der Waals surface area contributed by atoms with E-state index in [0.29, 0.717) is 11.7 Å². The molecule has 5 nitrogen and oxygen atoms in total. The number of pyridine rings is 1. The van der Waals surface area contributed by atoms with Crippen molar-refractivity contribution in [2.45, 2.75) is 25.9 Å². The molecule has 0 saturated carbocycles. The van der Waals surface area contributed by atoms with Gasteiger partial charge >= 0.3 is 5.97 Å². The summed E-state index contributed by atoms with van der Waals surface area (Å²) in [6.45, 7) is 4.37. The van der Waals surface area contributed by atoms with E-state index in [4.69, 9.17) is 17.0 Å². The molecule has 2 aromatic rings. The minimum absolute atomic E-state index is 0.0724. The summed E-state index contributed by atoms with van der Waals surface area (Å²) in [7, 11) is 0. The molecule has 0 bridgehead atoms. The van der Waals surface area contributed by atoms with Crippen molar-refractivity contribution in [2.24, 2.45) is 0 Å². The Kier molecular flexibility index (Phi) is 5.11. The number of hydrogen-bond donors (Lipinski definition) is 1. The van der Waals surface area contributed by atoms with Crippen LogP contribution >= 0.6 is 23.6 Å². The quantitative estimate of drug-likeness (QED) is 0.653. The molecule has 126 valence electrons. The van der Waals surface area contributed by atoms with Crippen LogP contribution in [0.4, 0.5) is 0 Å². The third-order valence-electron chi connectivity index (χ3n) is 3.97. The Morgan fingerprint density at radius 2 is 2.29 bits per heavy atom. The monoisotopic (exact) mass is 361 g/mol. The van der Waals surface area contributed by atoms with E-state index < -0.39 is 0 Å². The highest BCUT2D eigenvalue weighted by Gasteiger charge is 2.41. The summed E-state index contributed by atoms with van der Waals surface area (Å²) < 4.78 is 5.11. The SMILES string of the molecule is CCOC(=O)CN1C(=S)N[C@@H](c2ccccn2)[C@@H]1c1sccc1C. The molecule has 3 heterocycles. The molecule has 0 aromatic carbocycles. The van der Waals surface area contributed by atoms with Crippen LogP contribution < -0.4 is 5.32 Å². The molecule has 0 radical (unpaired) electrons. The molecule has 7 heteroatoms. The van der Waals surface area contributed by atoms with Gasteiger partial charge in [-0.25, -0.2) is 0 Å². The van der Waals surface area contributed by atoms with Gasteiger partial charge in [0.05, 0.1) is 24.4 Å². The van der Waals surface area contributed by atoms with E-state index in [2.05, 4.69) is 28.7 Å². The van der Waals surface area contributed by atoms with E-state index in [9.17, 15) is 4.79 Å². The number of hydrogen-bond acceptors (Lipinski definition) is 5. The number of carbonyl (C=O) groups is 1. The maximum absolute atomic E-state index is 12.0. The van der Waals surface area contributed by atoms with Gasteiger partial charge in [0.25, 0.3) is 0 Å². The number of aryl methyl sites for hydroxylation is 1. The minimum atomic E-state index is -0.275. The number of nitrogens with one attached hydrogen (secondary N) is 1. The molecular formula is C17H19N3O2S2. The lowest BCUT2D eigenvalue weighted by Crippen LogP contribution is -2.35. The van der Waals surface area contributed by atoms with Crippen molar-refractivity contribution in [1.82, 2.24) is 15.2 Å². The van der Waals surface area contributed by atoms with Crippen LogP contribution in [-0.2, 0) is 9.53 Å². The van der Waals surface area contributed by atoms with Crippen LogP contribution in [0.3, 0.4) is 0 Å². The lowest BCUT2D eigenvalue weighted by atomic mass is 10.0. The minimum Gasteiger partial charge on any atom is -0.465 e. The predicted molar refractivity (Wildman–Crippen MR) is 97.8 cm³/mol. The summed E-state index contributed by atoms with van der Waals surface area (Å²) in [5.74, 6) is -0.275. The van der Waals surface area contributed by atoms with Crippen molar-refractivity contribution in [1.29, 1.82) is 0 Å². The standard InChI is InChI=1S/C17H19N3O2S2/c1-3-22-13(21)10-20-15(16-11(2)7-9-24-16)14(19-17(20)23)12-6-4-5-8-18-12/h4-9,14-15H,3,10H2,1-2H3,(H,19,23)/t14-,15+/m0/s1. The summed E-state index contributed by atoms with van der Waals surface area (Å²) in [4.78, 5) is 19.6. The average molecular weight is 361 g/mol. The van der Waals surface area contributed by atoms with Gasteiger partial charge in [0, 0.05) is 11.1 Å². The van der Waals surface area contributed by atoms with E-state index in [1.807, 2.05) is 23.1 Å². The molecule has 1 saturated heterocycles. The number of rotatable bonds is 5. The van der Waals surface area contributed by atoms with Crippen molar-refractivity contribution < 1.29 is 9.53 Å². The maximum Gasteiger partial charge on any atom is 0.325 e. The largest absolute Gasteiger partial charge is 0.465 e. The number of carbonyl (C=O) groups excluding carboxylic acids is 1. The first-order valence-corrected chi connectivity index (χ1v) is 9.08. The van der Waals surface area contributed by atoms with Gasteiger partial charge < -0.3 is 15.0 Å². The molecule has 1 N–H and O–H groups in total. The number of nitrogens with zero attached hydrogens (tertiary/aromatic N) is 2. The number of thiophene rings is 1. The van der Waals surface area contributed by atoms with E-state index in [-0.39, 0.29) is 24.6 Å². The van der Waals surface area contributed by atoms with Gasteiger partial charge in [0.1, 0.15) is 6.54 Å². The van der Waals surface area contributed by atoms with Crippen LogP contribution in [0.1, 0.15) is 35.1 Å². The number of aromatic nitrogens is 1. The highest BCUT2D eigenvalue weighted by atomic mass is 32.1. The van der Waals surface area contributed by atoms with Crippen molar-refractivity contribution in [3.8, 4) is 0 Å². The molecular weight excluding hydrogens is 342 g/mol. The fourth-order valence-electron chi connectivity index (χ4n) is 2.89. The molecule has 24 heavy (non-hydrogen) atoms. The molecule has 2 atom stereocenters. The molecule has 0 unspecified atom stereocenters. The van der Waals surface area contributed by atoms with Crippen LogP contribution in [0.2, 0.25) is 0 Å². The van der Waals surface area contributed by atoms with Gasteiger partial charge in [-0.05, 0) is 55.2 Å². The number of esters is 1. The molecule has 2 aromatic heterocycles. The smallest absolute Gasteiger partial charge is 0.325 e. The van der Waals surface area contributed by atoms with Crippen LogP contribution in [-0.4, -0.2) is 34.1 Å². The Morgan fingerprint density at radius 3 is 2.92 bits per heavy atom. The zero-order valence-electron chi connectivity index (χ0n) is 13.6. The zero-order chi connectivity index (χ0) is 17.1. The second kappa shape index (κ2) is 7.27. The second-order valence-corrected chi connectivity index (χ2v) is 6.86. The lowest BCUT2D eigenvalue weighted by Gasteiger charge is -2.26. The Labute approximate surface area is 150 Å². The first-order valence-electron chi connectivity index (χ1n) is 7.79. The molecule has 0 amide bonds. The van der Waals surface area contributed by atoms with Crippen molar-refractivity contribution in [3.63, 3.8) is 0 Å². The molecule has 1 aliphatic heterocycles. The average Bonchev–Trinajstić information content (AvgIpc) is 3.12. The fourth-order valence-corrected chi connectivity index (χ4v) is 4.27. The number of thiocarbonyl (C=S) groups is 1. The fraction of sp³-hybridized carbons (Fsp3) is 0.353. The van der Waals surface area contributed by atoms with Crippen molar-refractivity contribution in [3.05, 3.63) is 52.0 Å². The van der Waals surface area contributed by atoms with Gasteiger partial charge in [0.15, 0.2) is 5.11 Å². The highest BCUT2D eigenvalue weighted by Crippen LogP contribution is 2.41. The van der Waals surface area contributed by atoms with Crippen LogP contribution in [0.5, 0.6) is 0 Å². The third kappa shape index (κ3) is 3.27. The Hall–Kier alpha value is -1.99. The lowest BCUT2D eigenvalue weighted by molar-refractivity contribution is -0.143. The first-order chi connectivity index (χ1) is 11.6. The normalized spacial score (nSPS) is 20.1. The zero-order valence-corrected chi connectivity index (χ0v) is 15.2. The molecule has 0 aliphatic carbocycles. The van der Waals surface area contributed by atoms with Gasteiger partial charge in [-0.3, -0.25) is 9.78 Å².